The van der Waals surface area contributed by atoms with Crippen LogP contribution in [-0.4, -0.2) is 34.6 Å². The van der Waals surface area contributed by atoms with Gasteiger partial charge in [0, 0.05) is 24.5 Å². The summed E-state index contributed by atoms with van der Waals surface area (Å²) in [5.41, 5.74) is 2.37. The van der Waals surface area contributed by atoms with Crippen LogP contribution in [0.2, 0.25) is 0 Å². The fraction of sp³-hybridized carbons (Fsp3) is 0.562. The van der Waals surface area contributed by atoms with E-state index in [0.29, 0.717) is 6.54 Å². The van der Waals surface area contributed by atoms with Gasteiger partial charge in [0.05, 0.1) is 5.92 Å². The topological polar surface area (TPSA) is 40.5 Å². The number of benzene rings is 1. The number of aliphatic carboxylic acids is 1. The second-order valence-corrected chi connectivity index (χ2v) is 6.54. The van der Waals surface area contributed by atoms with Gasteiger partial charge in [-0.1, -0.05) is 29.8 Å². The molecule has 0 spiro atoms. The van der Waals surface area contributed by atoms with Crippen LogP contribution in [0.4, 0.5) is 0 Å². The first kappa shape index (κ1) is 14.1. The average molecular weight is 261 g/mol. The van der Waals surface area contributed by atoms with Crippen molar-refractivity contribution in [3.8, 4) is 0 Å². The van der Waals surface area contributed by atoms with Crippen molar-refractivity contribution in [2.45, 2.75) is 39.2 Å². The molecule has 1 saturated heterocycles. The number of carboxylic acid groups (broad SMARTS) is 1. The van der Waals surface area contributed by atoms with Gasteiger partial charge in [-0.25, -0.2) is 0 Å². The van der Waals surface area contributed by atoms with E-state index in [2.05, 4.69) is 56.9 Å². The Kier molecular flexibility index (Phi) is 3.68. The first-order valence-corrected chi connectivity index (χ1v) is 6.83. The van der Waals surface area contributed by atoms with Gasteiger partial charge in [-0.3, -0.25) is 9.69 Å². The first-order chi connectivity index (χ1) is 8.79. The van der Waals surface area contributed by atoms with Crippen LogP contribution in [0.3, 0.4) is 0 Å². The SMILES string of the molecule is Cc1ccc([C@H]2CN(C(C)(C)C)C[C@@H]2C(=O)O)cc1. The number of carboxylic acids is 1. The third-order valence-electron chi connectivity index (χ3n) is 4.09. The van der Waals surface area contributed by atoms with Gasteiger partial charge in [0.25, 0.3) is 0 Å². The van der Waals surface area contributed by atoms with Crippen LogP contribution in [0.1, 0.15) is 37.8 Å². The first-order valence-electron chi connectivity index (χ1n) is 6.83. The number of hydrogen-bond donors (Lipinski definition) is 1. The van der Waals surface area contributed by atoms with Crippen LogP contribution in [0.5, 0.6) is 0 Å². The third kappa shape index (κ3) is 2.98. The van der Waals surface area contributed by atoms with Crippen molar-refractivity contribution in [1.29, 1.82) is 0 Å². The van der Waals surface area contributed by atoms with Gasteiger partial charge in [0.15, 0.2) is 0 Å². The highest BCUT2D eigenvalue weighted by molar-refractivity contribution is 5.72. The quantitative estimate of drug-likeness (QED) is 0.890. The maximum absolute atomic E-state index is 11.5. The molecule has 1 aliphatic rings. The van der Waals surface area contributed by atoms with Gasteiger partial charge in [0.1, 0.15) is 0 Å². The summed E-state index contributed by atoms with van der Waals surface area (Å²) in [5.74, 6) is -0.892. The predicted octanol–water partition coefficient (Wildman–Crippen LogP) is 2.89. The van der Waals surface area contributed by atoms with Crippen molar-refractivity contribution in [3.05, 3.63) is 35.4 Å². The van der Waals surface area contributed by atoms with E-state index in [1.165, 1.54) is 5.56 Å². The van der Waals surface area contributed by atoms with Crippen LogP contribution in [0.25, 0.3) is 0 Å². The molecule has 1 aliphatic heterocycles. The highest BCUT2D eigenvalue weighted by Crippen LogP contribution is 2.36. The predicted molar refractivity (Wildman–Crippen MR) is 76.4 cm³/mol. The standard InChI is InChI=1S/C16H23NO2/c1-11-5-7-12(8-6-11)13-9-17(16(2,3)4)10-14(13)15(18)19/h5-8,13-14H,9-10H2,1-4H3,(H,18,19)/t13-,14+/m1/s1. The Morgan fingerprint density at radius 3 is 2.26 bits per heavy atom. The lowest BCUT2D eigenvalue weighted by molar-refractivity contribution is -0.141. The minimum atomic E-state index is -0.683. The van der Waals surface area contributed by atoms with Crippen molar-refractivity contribution >= 4 is 5.97 Å². The van der Waals surface area contributed by atoms with Crippen molar-refractivity contribution in [2.75, 3.05) is 13.1 Å². The van der Waals surface area contributed by atoms with Gasteiger partial charge >= 0.3 is 5.97 Å². The summed E-state index contributed by atoms with van der Waals surface area (Å²) >= 11 is 0. The van der Waals surface area contributed by atoms with Gasteiger partial charge in [0.2, 0.25) is 0 Å². The van der Waals surface area contributed by atoms with Gasteiger partial charge < -0.3 is 5.11 Å². The Morgan fingerprint density at radius 1 is 1.21 bits per heavy atom. The lowest BCUT2D eigenvalue weighted by Crippen LogP contribution is -2.40. The minimum absolute atomic E-state index is 0.0210. The molecule has 1 fully saturated rings. The lowest BCUT2D eigenvalue weighted by Gasteiger charge is -2.31. The second-order valence-electron chi connectivity index (χ2n) is 6.54. The van der Waals surface area contributed by atoms with E-state index in [-0.39, 0.29) is 17.4 Å². The number of likely N-dealkylation sites (tertiary alicyclic amines) is 1. The van der Waals surface area contributed by atoms with Crippen LogP contribution in [0.15, 0.2) is 24.3 Å². The zero-order valence-electron chi connectivity index (χ0n) is 12.2. The molecule has 2 atom stereocenters. The molecule has 0 aliphatic carbocycles. The fourth-order valence-corrected chi connectivity index (χ4v) is 2.75. The Morgan fingerprint density at radius 2 is 1.79 bits per heavy atom. The van der Waals surface area contributed by atoms with Crippen LogP contribution in [-0.2, 0) is 4.79 Å². The molecule has 0 radical (unpaired) electrons. The van der Waals surface area contributed by atoms with Crippen molar-refractivity contribution < 1.29 is 9.90 Å². The molecule has 19 heavy (non-hydrogen) atoms. The number of nitrogens with zero attached hydrogens (tertiary/aromatic N) is 1. The Balaban J connectivity index is 2.27. The van der Waals surface area contributed by atoms with Gasteiger partial charge in [-0.2, -0.15) is 0 Å². The minimum Gasteiger partial charge on any atom is -0.481 e. The molecule has 1 N–H and O–H groups in total. The molecule has 0 unspecified atom stereocenters. The van der Waals surface area contributed by atoms with Crippen molar-refractivity contribution in [1.82, 2.24) is 4.90 Å². The van der Waals surface area contributed by atoms with Gasteiger partial charge in [-0.15, -0.1) is 0 Å². The Bertz CT molecular complexity index is 459. The molecule has 2 rings (SSSR count). The van der Waals surface area contributed by atoms with Gasteiger partial charge in [-0.05, 0) is 33.3 Å². The molecule has 1 heterocycles. The Hall–Kier alpha value is -1.35. The zero-order chi connectivity index (χ0) is 14.2. The van der Waals surface area contributed by atoms with E-state index >= 15 is 0 Å². The summed E-state index contributed by atoms with van der Waals surface area (Å²) in [6, 6.07) is 8.27. The van der Waals surface area contributed by atoms with Crippen LogP contribution >= 0.6 is 0 Å². The zero-order valence-corrected chi connectivity index (χ0v) is 12.2. The molecular weight excluding hydrogens is 238 g/mol. The third-order valence-corrected chi connectivity index (χ3v) is 4.09. The molecule has 104 valence electrons. The number of carbonyl (C=O) groups is 1. The van der Waals surface area contributed by atoms with Crippen molar-refractivity contribution in [3.63, 3.8) is 0 Å². The maximum Gasteiger partial charge on any atom is 0.308 e. The molecule has 0 aromatic heterocycles. The summed E-state index contributed by atoms with van der Waals surface area (Å²) < 4.78 is 0. The van der Waals surface area contributed by atoms with Crippen molar-refractivity contribution in [2.24, 2.45) is 5.92 Å². The fourth-order valence-electron chi connectivity index (χ4n) is 2.75. The Labute approximate surface area is 115 Å². The summed E-state index contributed by atoms with van der Waals surface area (Å²) in [5, 5.41) is 9.46. The number of rotatable bonds is 2. The molecule has 3 nitrogen and oxygen atoms in total. The number of aryl methyl sites for hydroxylation is 1. The molecule has 0 saturated carbocycles. The molecule has 0 bridgehead atoms. The smallest absolute Gasteiger partial charge is 0.308 e. The highest BCUT2D eigenvalue weighted by Gasteiger charge is 2.41. The van der Waals surface area contributed by atoms with E-state index < -0.39 is 5.97 Å². The molecular formula is C16H23NO2. The average Bonchev–Trinajstić information content (AvgIpc) is 2.74. The second kappa shape index (κ2) is 4.97. The van der Waals surface area contributed by atoms with E-state index in [9.17, 15) is 9.90 Å². The summed E-state index contributed by atoms with van der Waals surface area (Å²) in [6.45, 7) is 9.94. The highest BCUT2D eigenvalue weighted by atomic mass is 16.4. The normalized spacial score (nSPS) is 24.6. The summed E-state index contributed by atoms with van der Waals surface area (Å²) in [7, 11) is 0. The molecule has 1 aromatic rings. The largest absolute Gasteiger partial charge is 0.481 e. The van der Waals surface area contributed by atoms with Crippen LogP contribution < -0.4 is 0 Å². The molecule has 1 aromatic carbocycles. The molecule has 0 amide bonds. The summed E-state index contributed by atoms with van der Waals surface area (Å²) in [6.07, 6.45) is 0. The van der Waals surface area contributed by atoms with E-state index in [1.807, 2.05) is 0 Å². The number of hydrogen-bond acceptors (Lipinski definition) is 2. The summed E-state index contributed by atoms with van der Waals surface area (Å²) in [4.78, 5) is 13.8. The van der Waals surface area contributed by atoms with E-state index in [1.54, 1.807) is 0 Å². The lowest BCUT2D eigenvalue weighted by atomic mass is 9.89. The maximum atomic E-state index is 11.5. The van der Waals surface area contributed by atoms with Crippen LogP contribution in [0, 0.1) is 12.8 Å². The van der Waals surface area contributed by atoms with E-state index in [0.717, 1.165) is 12.1 Å². The monoisotopic (exact) mass is 261 g/mol. The molecule has 3 heteroatoms. The van der Waals surface area contributed by atoms with E-state index in [4.69, 9.17) is 0 Å².